The van der Waals surface area contributed by atoms with Crippen LogP contribution >= 0.6 is 0 Å². The molecular formula is C11H10F3NO. The van der Waals surface area contributed by atoms with Gasteiger partial charge in [0.05, 0.1) is 0 Å². The van der Waals surface area contributed by atoms with Crippen LogP contribution in [-0.4, -0.2) is 11.3 Å². The number of hydrogen-bond acceptors (Lipinski definition) is 1. The molecule has 0 aliphatic rings. The van der Waals surface area contributed by atoms with Gasteiger partial charge in [-0.05, 0) is 37.6 Å². The molecule has 2 rings (SSSR count). The molecule has 0 saturated carbocycles. The van der Waals surface area contributed by atoms with Crippen LogP contribution in [0.5, 0.6) is 5.75 Å². The number of aromatic amines is 1. The van der Waals surface area contributed by atoms with Crippen molar-refractivity contribution < 1.29 is 17.9 Å². The molecule has 5 heteroatoms. The van der Waals surface area contributed by atoms with Gasteiger partial charge < -0.3 is 9.72 Å². The van der Waals surface area contributed by atoms with Crippen molar-refractivity contribution in [3.8, 4) is 5.75 Å². The summed E-state index contributed by atoms with van der Waals surface area (Å²) >= 11 is 0. The lowest BCUT2D eigenvalue weighted by Crippen LogP contribution is -2.16. The van der Waals surface area contributed by atoms with Crippen LogP contribution in [0, 0.1) is 13.8 Å². The average Bonchev–Trinajstić information content (AvgIpc) is 2.42. The number of hydrogen-bond donors (Lipinski definition) is 1. The van der Waals surface area contributed by atoms with E-state index >= 15 is 0 Å². The number of fused-ring (bicyclic) bond motifs is 1. The summed E-state index contributed by atoms with van der Waals surface area (Å²) in [6, 6.07) is 4.27. The second-order valence-electron chi connectivity index (χ2n) is 3.63. The third kappa shape index (κ3) is 1.98. The summed E-state index contributed by atoms with van der Waals surface area (Å²) in [5.41, 5.74) is 2.69. The highest BCUT2D eigenvalue weighted by molar-refractivity contribution is 5.85. The molecule has 1 aromatic heterocycles. The van der Waals surface area contributed by atoms with Gasteiger partial charge in [0, 0.05) is 16.6 Å². The second kappa shape index (κ2) is 3.43. The van der Waals surface area contributed by atoms with Crippen molar-refractivity contribution >= 4 is 10.9 Å². The lowest BCUT2D eigenvalue weighted by atomic mass is 10.1. The summed E-state index contributed by atoms with van der Waals surface area (Å²) < 4.78 is 39.9. The molecular weight excluding hydrogens is 219 g/mol. The van der Waals surface area contributed by atoms with Gasteiger partial charge in [0.2, 0.25) is 0 Å². The van der Waals surface area contributed by atoms with E-state index in [1.807, 2.05) is 13.8 Å². The minimum atomic E-state index is -4.65. The van der Waals surface area contributed by atoms with Crippen LogP contribution in [0.1, 0.15) is 11.3 Å². The predicted octanol–water partition coefficient (Wildman–Crippen LogP) is 3.68. The lowest BCUT2D eigenvalue weighted by molar-refractivity contribution is -0.274. The molecule has 0 fully saturated rings. The summed E-state index contributed by atoms with van der Waals surface area (Å²) in [6.07, 6.45) is -4.65. The van der Waals surface area contributed by atoms with Gasteiger partial charge in [0.15, 0.2) is 0 Å². The van der Waals surface area contributed by atoms with Crippen molar-refractivity contribution in [1.29, 1.82) is 0 Å². The first kappa shape index (κ1) is 10.9. The molecule has 2 nitrogen and oxygen atoms in total. The Morgan fingerprint density at radius 1 is 1.19 bits per heavy atom. The molecule has 0 amide bonds. The lowest BCUT2D eigenvalue weighted by Gasteiger charge is -2.08. The normalized spacial score (nSPS) is 12.1. The molecule has 2 aromatic rings. The first-order valence-corrected chi connectivity index (χ1v) is 4.71. The monoisotopic (exact) mass is 229 g/mol. The minimum absolute atomic E-state index is 0.192. The Bertz CT molecular complexity index is 528. The van der Waals surface area contributed by atoms with Gasteiger partial charge in [-0.1, -0.05) is 0 Å². The molecule has 0 saturated heterocycles. The van der Waals surface area contributed by atoms with E-state index in [4.69, 9.17) is 0 Å². The number of aromatic nitrogens is 1. The number of nitrogens with one attached hydrogen (secondary N) is 1. The number of halogens is 3. The third-order valence-electron chi connectivity index (χ3n) is 2.51. The Balaban J connectivity index is 2.47. The molecule has 0 bridgehead atoms. The number of H-pyrrole nitrogens is 1. The van der Waals surface area contributed by atoms with Gasteiger partial charge in [-0.2, -0.15) is 0 Å². The number of benzene rings is 1. The van der Waals surface area contributed by atoms with E-state index in [2.05, 4.69) is 9.72 Å². The molecule has 1 heterocycles. The van der Waals surface area contributed by atoms with Crippen molar-refractivity contribution in [2.45, 2.75) is 20.2 Å². The number of rotatable bonds is 1. The Morgan fingerprint density at radius 2 is 1.88 bits per heavy atom. The zero-order valence-electron chi connectivity index (χ0n) is 8.77. The molecule has 1 aromatic carbocycles. The predicted molar refractivity (Wildman–Crippen MR) is 54.5 cm³/mol. The maximum absolute atomic E-state index is 12.0. The van der Waals surface area contributed by atoms with Gasteiger partial charge in [-0.15, -0.1) is 13.2 Å². The quantitative estimate of drug-likeness (QED) is 0.792. The van der Waals surface area contributed by atoms with Gasteiger partial charge in [0.25, 0.3) is 0 Å². The highest BCUT2D eigenvalue weighted by atomic mass is 19.4. The topological polar surface area (TPSA) is 25.0 Å². The average molecular weight is 229 g/mol. The third-order valence-corrected chi connectivity index (χ3v) is 2.51. The van der Waals surface area contributed by atoms with Crippen molar-refractivity contribution in [3.63, 3.8) is 0 Å². The molecule has 86 valence electrons. The largest absolute Gasteiger partial charge is 0.573 e. The smallest absolute Gasteiger partial charge is 0.406 e. The maximum Gasteiger partial charge on any atom is 0.573 e. The summed E-state index contributed by atoms with van der Waals surface area (Å²) in [7, 11) is 0. The van der Waals surface area contributed by atoms with Gasteiger partial charge in [-0.25, -0.2) is 0 Å². The fourth-order valence-corrected chi connectivity index (χ4v) is 1.64. The van der Waals surface area contributed by atoms with Gasteiger partial charge >= 0.3 is 6.36 Å². The van der Waals surface area contributed by atoms with Crippen molar-refractivity contribution in [1.82, 2.24) is 4.98 Å². The zero-order chi connectivity index (χ0) is 11.9. The molecule has 1 N–H and O–H groups in total. The summed E-state index contributed by atoms with van der Waals surface area (Å²) in [4.78, 5) is 3.08. The van der Waals surface area contributed by atoms with E-state index in [-0.39, 0.29) is 5.75 Å². The van der Waals surface area contributed by atoms with Crippen LogP contribution in [0.25, 0.3) is 10.9 Å². The van der Waals surface area contributed by atoms with Crippen LogP contribution in [0.4, 0.5) is 13.2 Å². The van der Waals surface area contributed by atoms with E-state index in [1.54, 1.807) is 6.07 Å². The SMILES string of the molecule is Cc1[nH]c2ccc(OC(F)(F)F)cc2c1C. The van der Waals surface area contributed by atoms with E-state index < -0.39 is 6.36 Å². The van der Waals surface area contributed by atoms with Gasteiger partial charge in [-0.3, -0.25) is 0 Å². The molecule has 0 aliphatic carbocycles. The molecule has 0 atom stereocenters. The molecule has 0 spiro atoms. The van der Waals surface area contributed by atoms with Crippen LogP contribution in [0.2, 0.25) is 0 Å². The molecule has 0 unspecified atom stereocenters. The Morgan fingerprint density at radius 3 is 2.50 bits per heavy atom. The fraction of sp³-hybridized carbons (Fsp3) is 0.273. The second-order valence-corrected chi connectivity index (χ2v) is 3.63. The summed E-state index contributed by atoms with van der Waals surface area (Å²) in [5, 5.41) is 0.749. The van der Waals surface area contributed by atoms with Crippen molar-refractivity contribution in [3.05, 3.63) is 29.5 Å². The summed E-state index contributed by atoms with van der Waals surface area (Å²) in [6.45, 7) is 3.73. The van der Waals surface area contributed by atoms with Crippen molar-refractivity contribution in [2.24, 2.45) is 0 Å². The van der Waals surface area contributed by atoms with Crippen molar-refractivity contribution in [2.75, 3.05) is 0 Å². The Hall–Kier alpha value is -1.65. The fourth-order valence-electron chi connectivity index (χ4n) is 1.64. The number of alkyl halides is 3. The first-order valence-electron chi connectivity index (χ1n) is 4.71. The highest BCUT2D eigenvalue weighted by Gasteiger charge is 2.31. The van der Waals surface area contributed by atoms with Crippen LogP contribution in [-0.2, 0) is 0 Å². The van der Waals surface area contributed by atoms with Crippen LogP contribution < -0.4 is 4.74 Å². The molecule has 0 aliphatic heterocycles. The first-order chi connectivity index (χ1) is 7.37. The molecule has 0 radical (unpaired) electrons. The van der Waals surface area contributed by atoms with E-state index in [1.165, 1.54) is 12.1 Å². The molecule has 16 heavy (non-hydrogen) atoms. The number of ether oxygens (including phenoxy) is 1. The van der Waals surface area contributed by atoms with E-state index in [0.29, 0.717) is 0 Å². The summed E-state index contributed by atoms with van der Waals surface area (Å²) in [5.74, 6) is -0.192. The van der Waals surface area contributed by atoms with E-state index in [0.717, 1.165) is 22.2 Å². The van der Waals surface area contributed by atoms with Crippen LogP contribution in [0.3, 0.4) is 0 Å². The van der Waals surface area contributed by atoms with Crippen LogP contribution in [0.15, 0.2) is 18.2 Å². The Labute approximate surface area is 90.0 Å². The van der Waals surface area contributed by atoms with E-state index in [9.17, 15) is 13.2 Å². The van der Waals surface area contributed by atoms with Gasteiger partial charge in [0.1, 0.15) is 5.75 Å². The zero-order valence-corrected chi connectivity index (χ0v) is 8.77. The standard InChI is InChI=1S/C11H10F3NO/c1-6-7(2)15-10-4-3-8(5-9(6)10)16-11(12,13)14/h3-5,15H,1-2H3. The Kier molecular flexibility index (Phi) is 2.33. The number of aryl methyl sites for hydroxylation is 2. The minimum Gasteiger partial charge on any atom is -0.406 e. The maximum atomic E-state index is 12.0. The highest BCUT2D eigenvalue weighted by Crippen LogP contribution is 2.28.